The van der Waals surface area contributed by atoms with E-state index in [9.17, 15) is 24.3 Å². The van der Waals surface area contributed by atoms with Crippen molar-refractivity contribution in [3.8, 4) is 0 Å². The Labute approximate surface area is 225 Å². The maximum atomic E-state index is 13.0. The summed E-state index contributed by atoms with van der Waals surface area (Å²) in [6.45, 7) is 1.19. The summed E-state index contributed by atoms with van der Waals surface area (Å²) in [4.78, 5) is 59.5. The average molecular weight is 587 g/mol. The molecule has 4 N–H and O–H groups in total. The number of aliphatic carboxylic acids is 1. The highest BCUT2D eigenvalue weighted by atomic mass is 32.2. The number of nitrogens with two attached hydrogens (primary N) is 1. The largest absolute Gasteiger partial charge is 0.477 e. The van der Waals surface area contributed by atoms with E-state index in [0.29, 0.717) is 21.4 Å². The second-order valence-electron chi connectivity index (χ2n) is 7.09. The van der Waals surface area contributed by atoms with Crippen molar-refractivity contribution in [2.75, 3.05) is 30.5 Å². The van der Waals surface area contributed by atoms with E-state index in [1.807, 2.05) is 0 Å². The number of fused-ring (bicyclic) bond motifs is 1. The number of carboxylic acid groups (broad SMARTS) is 1. The van der Waals surface area contributed by atoms with Crippen LogP contribution in [0.3, 0.4) is 0 Å². The van der Waals surface area contributed by atoms with Gasteiger partial charge in [0, 0.05) is 23.0 Å². The topological polar surface area (TPSA) is 212 Å². The van der Waals surface area contributed by atoms with E-state index in [4.69, 9.17) is 15.3 Å². The Kier molecular flexibility index (Phi) is 8.56. The van der Waals surface area contributed by atoms with Gasteiger partial charge in [0.1, 0.15) is 22.6 Å². The van der Waals surface area contributed by atoms with E-state index in [2.05, 4.69) is 30.0 Å². The van der Waals surface area contributed by atoms with Gasteiger partial charge in [0.25, 0.3) is 11.8 Å². The number of esters is 1. The van der Waals surface area contributed by atoms with Crippen molar-refractivity contribution in [3.05, 3.63) is 22.6 Å². The number of rotatable bonds is 11. The number of hydrogen-bond acceptors (Lipinski definition) is 16. The van der Waals surface area contributed by atoms with E-state index in [-0.39, 0.29) is 23.3 Å². The quantitative estimate of drug-likeness (QED) is 0.102. The highest BCUT2D eigenvalue weighted by Gasteiger charge is 2.54. The molecule has 2 amide bonds. The van der Waals surface area contributed by atoms with Crippen LogP contribution in [0.5, 0.6) is 0 Å². The number of hydrogen-bond donors (Lipinski definition) is 3. The molecule has 196 valence electrons. The molecule has 1 fully saturated rings. The lowest BCUT2D eigenvalue weighted by atomic mass is 10.0. The molecular weight excluding hydrogens is 569 g/mol. The first kappa shape index (κ1) is 26.8. The molecule has 0 bridgehead atoms. The SMILES string of the molecule is CCOC(=O)CO/N=C(\C(=O)NC1C(=O)N2C(C(=O)O)=C(CSc3nncs3)CS[C@H]12)c1nsc(N)n1. The van der Waals surface area contributed by atoms with E-state index >= 15 is 0 Å². The van der Waals surface area contributed by atoms with Crippen molar-refractivity contribution in [2.45, 2.75) is 22.7 Å². The third kappa shape index (κ3) is 6.00. The second kappa shape index (κ2) is 11.8. The zero-order valence-corrected chi connectivity index (χ0v) is 22.1. The Bertz CT molecular complexity index is 1260. The van der Waals surface area contributed by atoms with Crippen molar-refractivity contribution in [1.29, 1.82) is 0 Å². The van der Waals surface area contributed by atoms with Crippen molar-refractivity contribution >= 4 is 81.0 Å². The predicted molar refractivity (Wildman–Crippen MR) is 134 cm³/mol. The standard InChI is InChI=1S/C18H18N8O7S4/c1-2-32-8(27)3-33-24-9(12-22-17(19)37-25-12)13(28)21-10-14(29)26-11(16(30)31)7(4-34-15(10)26)5-35-18-23-20-6-36-18/h6,10,15H,2-5H2,1H3,(H,21,28)(H,30,31)(H2,19,22,25)/b24-9-/t10?,15-/m1/s1. The predicted octanol–water partition coefficient (Wildman–Crippen LogP) is -0.213. The number of carbonyl (C=O) groups is 4. The van der Waals surface area contributed by atoms with Crippen LogP contribution in [-0.2, 0) is 28.8 Å². The summed E-state index contributed by atoms with van der Waals surface area (Å²) in [5, 5.41) is 23.1. The third-order valence-corrected chi connectivity index (χ3v) is 8.59. The summed E-state index contributed by atoms with van der Waals surface area (Å²) in [6.07, 6.45) is 0. The fraction of sp³-hybridized carbons (Fsp3) is 0.389. The molecule has 2 aliphatic heterocycles. The molecule has 19 heteroatoms. The molecule has 0 aromatic carbocycles. The minimum atomic E-state index is -1.24. The van der Waals surface area contributed by atoms with Gasteiger partial charge in [-0.05, 0) is 12.5 Å². The molecule has 4 rings (SSSR count). The van der Waals surface area contributed by atoms with Gasteiger partial charge in [0.05, 0.1) is 6.61 Å². The molecular formula is C18H18N8O7S4. The van der Waals surface area contributed by atoms with Gasteiger partial charge >= 0.3 is 11.9 Å². The van der Waals surface area contributed by atoms with Crippen LogP contribution in [0.25, 0.3) is 0 Å². The van der Waals surface area contributed by atoms with E-state index in [1.165, 1.54) is 34.9 Å². The van der Waals surface area contributed by atoms with Crippen LogP contribution in [0, 0.1) is 0 Å². The van der Waals surface area contributed by atoms with Gasteiger partial charge in [-0.2, -0.15) is 9.36 Å². The molecule has 2 atom stereocenters. The number of anilines is 1. The molecule has 0 saturated carbocycles. The van der Waals surface area contributed by atoms with E-state index in [0.717, 1.165) is 16.4 Å². The highest BCUT2D eigenvalue weighted by molar-refractivity contribution is 8.01. The minimum Gasteiger partial charge on any atom is -0.477 e. The van der Waals surface area contributed by atoms with Crippen LogP contribution in [0.4, 0.5) is 5.13 Å². The third-order valence-electron chi connectivity index (χ3n) is 4.76. The molecule has 2 aromatic heterocycles. The number of ether oxygens (including phenoxy) is 1. The lowest BCUT2D eigenvalue weighted by molar-refractivity contribution is -0.150. The van der Waals surface area contributed by atoms with Gasteiger partial charge < -0.3 is 25.7 Å². The number of oxime groups is 1. The number of aromatic nitrogens is 4. The first-order valence-electron chi connectivity index (χ1n) is 10.3. The average Bonchev–Trinajstić information content (AvgIpc) is 3.55. The second-order valence-corrected chi connectivity index (χ2v) is 11.0. The molecule has 0 radical (unpaired) electrons. The van der Waals surface area contributed by atoms with Crippen molar-refractivity contribution in [1.82, 2.24) is 29.8 Å². The molecule has 4 heterocycles. The molecule has 1 saturated heterocycles. The van der Waals surface area contributed by atoms with Crippen LogP contribution < -0.4 is 11.1 Å². The van der Waals surface area contributed by atoms with Gasteiger partial charge in [-0.25, -0.2) is 9.59 Å². The number of β-lactam (4-membered cyclic amide) rings is 1. The number of thioether (sulfide) groups is 2. The summed E-state index contributed by atoms with van der Waals surface area (Å²) in [6, 6.07) is -1.03. The molecule has 0 aliphatic carbocycles. The highest BCUT2D eigenvalue weighted by Crippen LogP contribution is 2.41. The number of amides is 2. The van der Waals surface area contributed by atoms with Crippen molar-refractivity contribution in [3.63, 3.8) is 0 Å². The fourth-order valence-corrected chi connectivity index (χ4v) is 6.65. The Hall–Kier alpha value is -3.29. The number of nitrogen functional groups attached to an aromatic ring is 1. The van der Waals surface area contributed by atoms with Crippen LogP contribution in [-0.4, -0.2) is 95.2 Å². The van der Waals surface area contributed by atoms with Crippen molar-refractivity contribution in [2.24, 2.45) is 5.16 Å². The van der Waals surface area contributed by atoms with E-state index < -0.39 is 47.5 Å². The maximum absolute atomic E-state index is 13.0. The van der Waals surface area contributed by atoms with Gasteiger partial charge in [0.2, 0.25) is 18.1 Å². The smallest absolute Gasteiger partial charge is 0.352 e. The van der Waals surface area contributed by atoms with Crippen LogP contribution >= 0.6 is 46.4 Å². The van der Waals surface area contributed by atoms with Crippen LogP contribution in [0.2, 0.25) is 0 Å². The summed E-state index contributed by atoms with van der Waals surface area (Å²) in [5.41, 5.74) is 7.21. The maximum Gasteiger partial charge on any atom is 0.352 e. The number of nitrogens with one attached hydrogen (secondary N) is 1. The van der Waals surface area contributed by atoms with Crippen LogP contribution in [0.1, 0.15) is 12.7 Å². The summed E-state index contributed by atoms with van der Waals surface area (Å²) < 4.78 is 9.35. The monoisotopic (exact) mass is 586 g/mol. The molecule has 15 nitrogen and oxygen atoms in total. The normalized spacial score (nSPS) is 19.2. The number of carbonyl (C=O) groups excluding carboxylic acids is 3. The Morgan fingerprint density at radius 3 is 2.86 bits per heavy atom. The molecule has 37 heavy (non-hydrogen) atoms. The van der Waals surface area contributed by atoms with Crippen LogP contribution in [0.15, 0.2) is 26.3 Å². The van der Waals surface area contributed by atoms with Gasteiger partial charge in [0.15, 0.2) is 9.47 Å². The first-order valence-corrected chi connectivity index (χ1v) is 14.0. The minimum absolute atomic E-state index is 0.0600. The zero-order chi connectivity index (χ0) is 26.5. The lowest BCUT2D eigenvalue weighted by Crippen LogP contribution is -2.71. The molecule has 2 aromatic rings. The lowest BCUT2D eigenvalue weighted by Gasteiger charge is -2.49. The molecule has 2 aliphatic rings. The Morgan fingerprint density at radius 1 is 1.41 bits per heavy atom. The first-order chi connectivity index (χ1) is 17.8. The zero-order valence-electron chi connectivity index (χ0n) is 18.9. The van der Waals surface area contributed by atoms with E-state index in [1.54, 1.807) is 12.4 Å². The summed E-state index contributed by atoms with van der Waals surface area (Å²) in [5.74, 6) is -2.91. The Morgan fingerprint density at radius 2 is 2.22 bits per heavy atom. The van der Waals surface area contributed by atoms with Gasteiger partial charge in [-0.1, -0.05) is 28.3 Å². The molecule has 0 spiro atoms. The van der Waals surface area contributed by atoms with Crippen molar-refractivity contribution < 1.29 is 33.9 Å². The molecule has 1 unspecified atom stereocenters. The summed E-state index contributed by atoms with van der Waals surface area (Å²) in [7, 11) is 0. The number of nitrogens with zero attached hydrogens (tertiary/aromatic N) is 6. The summed E-state index contributed by atoms with van der Waals surface area (Å²) >= 11 is 4.78. The number of carboxylic acids is 1. The van der Waals surface area contributed by atoms with Gasteiger partial charge in [-0.3, -0.25) is 14.5 Å². The fourth-order valence-electron chi connectivity index (χ4n) is 3.25. The Balaban J connectivity index is 1.47. The van der Waals surface area contributed by atoms with Gasteiger partial charge in [-0.15, -0.1) is 22.0 Å².